The lowest BCUT2D eigenvalue weighted by molar-refractivity contribution is -0.120. The number of halogens is 1. The SMILES string of the molecule is Cc1nn(-c2ccc(Cl)cc2)c(C)c1CC(=O)NCc1cccc(OCC#N)c1. The molecular formula is C22H21ClN4O2. The molecule has 0 unspecified atom stereocenters. The van der Waals surface area contributed by atoms with Gasteiger partial charge in [-0.3, -0.25) is 4.79 Å². The van der Waals surface area contributed by atoms with Crippen molar-refractivity contribution in [2.75, 3.05) is 6.61 Å². The molecule has 1 aromatic heterocycles. The fourth-order valence-electron chi connectivity index (χ4n) is 3.05. The van der Waals surface area contributed by atoms with Crippen LogP contribution in [-0.4, -0.2) is 22.3 Å². The number of benzene rings is 2. The van der Waals surface area contributed by atoms with Gasteiger partial charge in [0, 0.05) is 22.8 Å². The summed E-state index contributed by atoms with van der Waals surface area (Å²) in [7, 11) is 0. The third-order valence-corrected chi connectivity index (χ3v) is 4.79. The Morgan fingerprint density at radius 1 is 1.24 bits per heavy atom. The second-order valence-electron chi connectivity index (χ2n) is 6.59. The van der Waals surface area contributed by atoms with E-state index in [1.807, 2.05) is 67.1 Å². The minimum Gasteiger partial charge on any atom is -0.479 e. The van der Waals surface area contributed by atoms with Gasteiger partial charge in [-0.25, -0.2) is 4.68 Å². The number of hydrogen-bond acceptors (Lipinski definition) is 4. The summed E-state index contributed by atoms with van der Waals surface area (Å²) in [6.07, 6.45) is 0.246. The molecule has 6 nitrogen and oxygen atoms in total. The average molecular weight is 409 g/mol. The second kappa shape index (κ2) is 9.26. The normalized spacial score (nSPS) is 10.4. The molecule has 0 aliphatic rings. The van der Waals surface area contributed by atoms with Gasteiger partial charge in [-0.15, -0.1) is 0 Å². The van der Waals surface area contributed by atoms with Crippen molar-refractivity contribution >= 4 is 17.5 Å². The number of nitriles is 1. The monoisotopic (exact) mass is 408 g/mol. The summed E-state index contributed by atoms with van der Waals surface area (Å²) in [5.74, 6) is 0.518. The number of ether oxygens (including phenoxy) is 1. The predicted octanol–water partition coefficient (Wildman–Crippen LogP) is 3.90. The maximum absolute atomic E-state index is 12.5. The summed E-state index contributed by atoms with van der Waals surface area (Å²) < 4.78 is 7.11. The van der Waals surface area contributed by atoms with Crippen molar-refractivity contribution in [1.29, 1.82) is 5.26 Å². The molecule has 0 bridgehead atoms. The largest absolute Gasteiger partial charge is 0.479 e. The Bertz CT molecular complexity index is 1050. The third kappa shape index (κ3) is 5.15. The number of aryl methyl sites for hydroxylation is 1. The fourth-order valence-corrected chi connectivity index (χ4v) is 3.18. The van der Waals surface area contributed by atoms with Crippen LogP contribution in [0.25, 0.3) is 5.69 Å². The van der Waals surface area contributed by atoms with Gasteiger partial charge in [0.05, 0.1) is 17.8 Å². The molecule has 148 valence electrons. The molecule has 7 heteroatoms. The molecule has 1 N–H and O–H groups in total. The van der Waals surface area contributed by atoms with Crippen molar-refractivity contribution in [3.05, 3.63) is 76.1 Å². The molecule has 29 heavy (non-hydrogen) atoms. The van der Waals surface area contributed by atoms with Crippen LogP contribution in [0.5, 0.6) is 5.75 Å². The van der Waals surface area contributed by atoms with Crippen LogP contribution in [0.2, 0.25) is 5.02 Å². The van der Waals surface area contributed by atoms with Gasteiger partial charge in [-0.2, -0.15) is 10.4 Å². The predicted molar refractivity (Wildman–Crippen MR) is 111 cm³/mol. The summed E-state index contributed by atoms with van der Waals surface area (Å²) in [4.78, 5) is 12.5. The van der Waals surface area contributed by atoms with E-state index in [-0.39, 0.29) is 18.9 Å². The minimum absolute atomic E-state index is 0.00796. The molecule has 2 aromatic carbocycles. The maximum atomic E-state index is 12.5. The Morgan fingerprint density at radius 3 is 2.72 bits per heavy atom. The van der Waals surface area contributed by atoms with Crippen molar-refractivity contribution < 1.29 is 9.53 Å². The van der Waals surface area contributed by atoms with Gasteiger partial charge in [0.25, 0.3) is 0 Å². The zero-order valence-electron chi connectivity index (χ0n) is 16.3. The number of carbonyl (C=O) groups is 1. The van der Waals surface area contributed by atoms with E-state index >= 15 is 0 Å². The molecule has 0 radical (unpaired) electrons. The molecule has 0 atom stereocenters. The zero-order chi connectivity index (χ0) is 20.8. The van der Waals surface area contributed by atoms with Gasteiger partial charge in [0.1, 0.15) is 11.8 Å². The van der Waals surface area contributed by atoms with E-state index in [0.29, 0.717) is 17.3 Å². The summed E-state index contributed by atoms with van der Waals surface area (Å²) in [6.45, 7) is 4.23. The van der Waals surface area contributed by atoms with Gasteiger partial charge in [-0.1, -0.05) is 23.7 Å². The highest BCUT2D eigenvalue weighted by Crippen LogP contribution is 2.20. The zero-order valence-corrected chi connectivity index (χ0v) is 17.0. The van der Waals surface area contributed by atoms with E-state index in [9.17, 15) is 4.79 Å². The van der Waals surface area contributed by atoms with Crippen LogP contribution in [0.15, 0.2) is 48.5 Å². The van der Waals surface area contributed by atoms with Crippen molar-refractivity contribution in [1.82, 2.24) is 15.1 Å². The van der Waals surface area contributed by atoms with Crippen LogP contribution in [0.3, 0.4) is 0 Å². The lowest BCUT2D eigenvalue weighted by Crippen LogP contribution is -2.25. The Balaban J connectivity index is 1.65. The van der Waals surface area contributed by atoms with Gasteiger partial charge >= 0.3 is 0 Å². The van der Waals surface area contributed by atoms with Gasteiger partial charge < -0.3 is 10.1 Å². The molecule has 1 heterocycles. The topological polar surface area (TPSA) is 79.9 Å². The molecule has 0 saturated carbocycles. The van der Waals surface area contributed by atoms with Crippen molar-refractivity contribution in [2.45, 2.75) is 26.8 Å². The molecule has 0 aliphatic carbocycles. The average Bonchev–Trinajstić information content (AvgIpc) is 3.00. The van der Waals surface area contributed by atoms with Crippen molar-refractivity contribution in [3.63, 3.8) is 0 Å². The first-order chi connectivity index (χ1) is 14.0. The van der Waals surface area contributed by atoms with E-state index in [1.165, 1.54) is 0 Å². The highest BCUT2D eigenvalue weighted by molar-refractivity contribution is 6.30. The highest BCUT2D eigenvalue weighted by atomic mass is 35.5. The van der Waals surface area contributed by atoms with E-state index in [1.54, 1.807) is 6.07 Å². The van der Waals surface area contributed by atoms with Gasteiger partial charge in [-0.05, 0) is 55.8 Å². The number of hydrogen-bond donors (Lipinski definition) is 1. The Labute approximate surface area is 174 Å². The van der Waals surface area contributed by atoms with E-state index in [0.717, 1.165) is 28.2 Å². The maximum Gasteiger partial charge on any atom is 0.224 e. The Hall–Kier alpha value is -3.30. The van der Waals surface area contributed by atoms with Gasteiger partial charge in [0.2, 0.25) is 5.91 Å². The summed E-state index contributed by atoms with van der Waals surface area (Å²) >= 11 is 5.96. The molecule has 0 spiro atoms. The molecule has 0 saturated heterocycles. The molecular weight excluding hydrogens is 388 g/mol. The van der Waals surface area contributed by atoms with E-state index in [4.69, 9.17) is 21.6 Å². The minimum atomic E-state index is -0.0878. The number of carbonyl (C=O) groups excluding carboxylic acids is 1. The number of rotatable bonds is 7. The standard InChI is InChI=1S/C22H21ClN4O2/c1-15-21(16(2)27(26-15)19-8-6-18(23)7-9-19)13-22(28)25-14-17-4-3-5-20(12-17)29-11-10-24/h3-9,12H,11,13-14H2,1-2H3,(H,25,28). The first-order valence-corrected chi connectivity index (χ1v) is 9.52. The molecule has 0 aliphatic heterocycles. The Morgan fingerprint density at radius 2 is 2.00 bits per heavy atom. The van der Waals surface area contributed by atoms with Crippen LogP contribution in [0.1, 0.15) is 22.5 Å². The van der Waals surface area contributed by atoms with Crippen LogP contribution in [-0.2, 0) is 17.8 Å². The molecule has 3 aromatic rings. The summed E-state index contributed by atoms with van der Waals surface area (Å²) in [6, 6.07) is 16.7. The first kappa shape index (κ1) is 20.4. The lowest BCUT2D eigenvalue weighted by Gasteiger charge is -2.08. The summed E-state index contributed by atoms with van der Waals surface area (Å²) in [5.41, 5.74) is 4.45. The van der Waals surface area contributed by atoms with E-state index in [2.05, 4.69) is 10.4 Å². The summed E-state index contributed by atoms with van der Waals surface area (Å²) in [5, 5.41) is 16.8. The van der Waals surface area contributed by atoms with Crippen molar-refractivity contribution in [3.8, 4) is 17.5 Å². The molecule has 0 fully saturated rings. The van der Waals surface area contributed by atoms with Crippen LogP contribution in [0.4, 0.5) is 0 Å². The van der Waals surface area contributed by atoms with Crippen LogP contribution < -0.4 is 10.1 Å². The fraction of sp³-hybridized carbons (Fsp3) is 0.227. The number of aromatic nitrogens is 2. The second-order valence-corrected chi connectivity index (χ2v) is 7.02. The number of nitrogens with zero attached hydrogens (tertiary/aromatic N) is 3. The third-order valence-electron chi connectivity index (χ3n) is 4.54. The van der Waals surface area contributed by atoms with Crippen LogP contribution in [0, 0.1) is 25.2 Å². The number of amides is 1. The quantitative estimate of drug-likeness (QED) is 0.642. The first-order valence-electron chi connectivity index (χ1n) is 9.14. The molecule has 1 amide bonds. The highest BCUT2D eigenvalue weighted by Gasteiger charge is 2.16. The smallest absolute Gasteiger partial charge is 0.224 e. The number of nitrogens with one attached hydrogen (secondary N) is 1. The van der Waals surface area contributed by atoms with Gasteiger partial charge in [0.15, 0.2) is 6.61 Å². The molecule has 3 rings (SSSR count). The lowest BCUT2D eigenvalue weighted by atomic mass is 10.1. The van der Waals surface area contributed by atoms with Crippen molar-refractivity contribution in [2.24, 2.45) is 0 Å². The van der Waals surface area contributed by atoms with E-state index < -0.39 is 0 Å². The van der Waals surface area contributed by atoms with Crippen LogP contribution >= 0.6 is 11.6 Å². The Kier molecular flexibility index (Phi) is 6.53.